The molecule has 1 aliphatic heterocycles. The highest BCUT2D eigenvalue weighted by Crippen LogP contribution is 2.31. The SMILES string of the molecule is Cc1nnc(C)n1-n1ccc2nc3ccn(Cc4ccc5c(c4)OCCO5)c(=O)c3cc2c1=O. The van der Waals surface area contributed by atoms with Gasteiger partial charge in [0, 0.05) is 12.4 Å². The van der Waals surface area contributed by atoms with Crippen LogP contribution in [0.2, 0.25) is 0 Å². The lowest BCUT2D eigenvalue weighted by atomic mass is 10.1. The molecular formula is C24H20N6O4. The van der Waals surface area contributed by atoms with E-state index >= 15 is 0 Å². The second-order valence-corrected chi connectivity index (χ2v) is 8.15. The van der Waals surface area contributed by atoms with Crippen LogP contribution in [-0.2, 0) is 6.54 Å². The maximum Gasteiger partial charge on any atom is 0.279 e. The van der Waals surface area contributed by atoms with Crippen LogP contribution in [0.1, 0.15) is 17.2 Å². The predicted molar refractivity (Wildman–Crippen MR) is 125 cm³/mol. The van der Waals surface area contributed by atoms with E-state index in [1.54, 1.807) is 53.7 Å². The molecule has 0 saturated heterocycles. The van der Waals surface area contributed by atoms with Crippen molar-refractivity contribution in [3.63, 3.8) is 0 Å². The number of nitrogens with zero attached hydrogens (tertiary/aromatic N) is 6. The minimum Gasteiger partial charge on any atom is -0.486 e. The van der Waals surface area contributed by atoms with E-state index in [0.717, 1.165) is 5.56 Å². The van der Waals surface area contributed by atoms with Crippen LogP contribution >= 0.6 is 0 Å². The largest absolute Gasteiger partial charge is 0.486 e. The van der Waals surface area contributed by atoms with Crippen molar-refractivity contribution < 1.29 is 9.47 Å². The van der Waals surface area contributed by atoms with Gasteiger partial charge in [-0.2, -0.15) is 0 Å². The Morgan fingerprint density at radius 2 is 1.50 bits per heavy atom. The van der Waals surface area contributed by atoms with E-state index in [1.165, 1.54) is 4.68 Å². The number of rotatable bonds is 3. The van der Waals surface area contributed by atoms with Gasteiger partial charge in [0.2, 0.25) is 0 Å². The molecule has 170 valence electrons. The molecule has 0 aliphatic carbocycles. The molecule has 1 aromatic carbocycles. The van der Waals surface area contributed by atoms with E-state index in [4.69, 9.17) is 9.47 Å². The van der Waals surface area contributed by atoms with Crippen molar-refractivity contribution in [2.24, 2.45) is 0 Å². The van der Waals surface area contributed by atoms with Crippen LogP contribution in [0, 0.1) is 13.8 Å². The van der Waals surface area contributed by atoms with Crippen LogP contribution in [-0.4, -0.2) is 42.3 Å². The van der Waals surface area contributed by atoms with Crippen LogP contribution in [0.3, 0.4) is 0 Å². The molecule has 0 atom stereocenters. The van der Waals surface area contributed by atoms with Gasteiger partial charge in [-0.1, -0.05) is 6.07 Å². The van der Waals surface area contributed by atoms with Crippen molar-refractivity contribution in [2.45, 2.75) is 20.4 Å². The van der Waals surface area contributed by atoms with Gasteiger partial charge >= 0.3 is 0 Å². The molecule has 10 nitrogen and oxygen atoms in total. The number of pyridine rings is 3. The highest BCUT2D eigenvalue weighted by molar-refractivity contribution is 5.91. The molecule has 5 heterocycles. The Kier molecular flexibility index (Phi) is 4.47. The number of hydrogen-bond acceptors (Lipinski definition) is 7. The van der Waals surface area contributed by atoms with Gasteiger partial charge in [0.25, 0.3) is 11.1 Å². The summed E-state index contributed by atoms with van der Waals surface area (Å²) < 4.78 is 15.9. The number of ether oxygens (including phenoxy) is 2. The third kappa shape index (κ3) is 3.14. The summed E-state index contributed by atoms with van der Waals surface area (Å²) in [6, 6.07) is 10.8. The molecular weight excluding hydrogens is 436 g/mol. The van der Waals surface area contributed by atoms with E-state index in [0.29, 0.717) is 64.7 Å². The zero-order valence-corrected chi connectivity index (χ0v) is 18.6. The standard InChI is InChI=1S/C24H20N6O4/c1-14-26-27-15(2)30(14)29-8-6-20-18(24(29)32)12-17-19(25-20)5-7-28(23(17)31)13-16-3-4-21-22(11-16)34-10-9-33-21/h3-8,11-12H,9-10,13H2,1-2H3. The maximum absolute atomic E-state index is 13.3. The van der Waals surface area contributed by atoms with E-state index in [1.807, 2.05) is 18.2 Å². The second-order valence-electron chi connectivity index (χ2n) is 8.15. The smallest absolute Gasteiger partial charge is 0.279 e. The molecule has 1 aliphatic rings. The molecule has 0 bridgehead atoms. The average Bonchev–Trinajstić information content (AvgIpc) is 3.18. The Labute approximate surface area is 192 Å². The molecule has 0 saturated carbocycles. The summed E-state index contributed by atoms with van der Waals surface area (Å²) in [5, 5.41) is 8.77. The monoisotopic (exact) mass is 456 g/mol. The summed E-state index contributed by atoms with van der Waals surface area (Å²) in [5.74, 6) is 2.53. The fraction of sp³-hybridized carbons (Fsp3) is 0.208. The molecule has 0 N–H and O–H groups in total. The van der Waals surface area contributed by atoms with Gasteiger partial charge < -0.3 is 14.0 Å². The van der Waals surface area contributed by atoms with Gasteiger partial charge in [0.15, 0.2) is 11.5 Å². The van der Waals surface area contributed by atoms with Crippen molar-refractivity contribution in [1.29, 1.82) is 0 Å². The topological polar surface area (TPSA) is 106 Å². The molecule has 5 aromatic rings. The van der Waals surface area contributed by atoms with E-state index < -0.39 is 0 Å². The predicted octanol–water partition coefficient (Wildman–Crippen LogP) is 2.05. The Morgan fingerprint density at radius 3 is 2.26 bits per heavy atom. The van der Waals surface area contributed by atoms with Gasteiger partial charge in [-0.3, -0.25) is 9.59 Å². The van der Waals surface area contributed by atoms with Crippen LogP contribution in [0.15, 0.2) is 58.4 Å². The van der Waals surface area contributed by atoms with E-state index in [9.17, 15) is 9.59 Å². The van der Waals surface area contributed by atoms with Crippen LogP contribution in [0.4, 0.5) is 0 Å². The van der Waals surface area contributed by atoms with Crippen molar-refractivity contribution in [3.05, 3.63) is 86.7 Å². The third-order valence-electron chi connectivity index (χ3n) is 5.92. The lowest BCUT2D eigenvalue weighted by Gasteiger charge is -2.19. The van der Waals surface area contributed by atoms with Gasteiger partial charge in [0.05, 0.1) is 28.4 Å². The normalized spacial score (nSPS) is 13.0. The molecule has 0 unspecified atom stereocenters. The van der Waals surface area contributed by atoms with E-state index in [2.05, 4.69) is 15.2 Å². The fourth-order valence-corrected chi connectivity index (χ4v) is 4.29. The summed E-state index contributed by atoms with van der Waals surface area (Å²) >= 11 is 0. The van der Waals surface area contributed by atoms with Crippen molar-refractivity contribution in [2.75, 3.05) is 13.2 Å². The number of benzene rings is 1. The molecule has 6 rings (SSSR count). The molecule has 10 heteroatoms. The molecule has 0 amide bonds. The summed E-state index contributed by atoms with van der Waals surface area (Å²) in [6.45, 7) is 4.91. The van der Waals surface area contributed by atoms with Gasteiger partial charge in [-0.25, -0.2) is 14.3 Å². The summed E-state index contributed by atoms with van der Waals surface area (Å²) in [4.78, 5) is 31.2. The highest BCUT2D eigenvalue weighted by atomic mass is 16.6. The van der Waals surface area contributed by atoms with Crippen molar-refractivity contribution in [1.82, 2.24) is 29.1 Å². The van der Waals surface area contributed by atoms with Gasteiger partial charge in [0.1, 0.15) is 24.9 Å². The Morgan fingerprint density at radius 1 is 0.824 bits per heavy atom. The Bertz CT molecular complexity index is 1700. The molecule has 34 heavy (non-hydrogen) atoms. The fourth-order valence-electron chi connectivity index (χ4n) is 4.29. The minimum atomic E-state index is -0.306. The first-order chi connectivity index (χ1) is 16.5. The highest BCUT2D eigenvalue weighted by Gasteiger charge is 2.15. The average molecular weight is 456 g/mol. The third-order valence-corrected chi connectivity index (χ3v) is 5.92. The van der Waals surface area contributed by atoms with Crippen LogP contribution in [0.5, 0.6) is 11.5 Å². The molecule has 0 spiro atoms. The number of aromatic nitrogens is 6. The summed E-state index contributed by atoms with van der Waals surface area (Å²) in [5.41, 5.74) is 1.42. The van der Waals surface area contributed by atoms with E-state index in [-0.39, 0.29) is 11.1 Å². The number of fused-ring (bicyclic) bond motifs is 3. The van der Waals surface area contributed by atoms with Crippen LogP contribution < -0.4 is 20.6 Å². The van der Waals surface area contributed by atoms with Crippen molar-refractivity contribution in [3.8, 4) is 11.5 Å². The first-order valence-electron chi connectivity index (χ1n) is 10.8. The van der Waals surface area contributed by atoms with Gasteiger partial charge in [-0.15, -0.1) is 10.2 Å². The zero-order valence-electron chi connectivity index (χ0n) is 18.6. The quantitative estimate of drug-likeness (QED) is 0.383. The van der Waals surface area contributed by atoms with Gasteiger partial charge in [-0.05, 0) is 49.7 Å². The molecule has 0 fully saturated rings. The minimum absolute atomic E-state index is 0.228. The number of hydrogen-bond donors (Lipinski definition) is 0. The first-order valence-corrected chi connectivity index (χ1v) is 10.8. The lowest BCUT2D eigenvalue weighted by Crippen LogP contribution is -2.28. The lowest BCUT2D eigenvalue weighted by molar-refractivity contribution is 0.171. The molecule has 4 aromatic heterocycles. The summed E-state index contributed by atoms with van der Waals surface area (Å²) in [7, 11) is 0. The number of aryl methyl sites for hydroxylation is 2. The first kappa shape index (κ1) is 20.2. The Hall–Kier alpha value is -4.47. The van der Waals surface area contributed by atoms with Crippen molar-refractivity contribution >= 4 is 21.8 Å². The molecule has 0 radical (unpaired) electrons. The maximum atomic E-state index is 13.3. The summed E-state index contributed by atoms with van der Waals surface area (Å²) in [6.07, 6.45) is 3.35. The second kappa shape index (κ2) is 7.55. The zero-order chi connectivity index (χ0) is 23.4. The Balaban J connectivity index is 1.47. The van der Waals surface area contributed by atoms with Crippen LogP contribution in [0.25, 0.3) is 21.8 Å².